The fourth-order valence-corrected chi connectivity index (χ4v) is 1.25. The van der Waals surface area contributed by atoms with Crippen molar-refractivity contribution in [2.45, 2.75) is 33.1 Å². The highest BCUT2D eigenvalue weighted by Crippen LogP contribution is 2.13. The molecule has 14 heavy (non-hydrogen) atoms. The molecule has 0 aliphatic rings. The maximum absolute atomic E-state index is 5.44. The second kappa shape index (κ2) is 8.97. The van der Waals surface area contributed by atoms with E-state index in [0.29, 0.717) is 0 Å². The summed E-state index contributed by atoms with van der Waals surface area (Å²) >= 11 is 0. The van der Waals surface area contributed by atoms with Crippen molar-refractivity contribution in [1.29, 1.82) is 0 Å². The highest BCUT2D eigenvalue weighted by atomic mass is 14.8. The Bertz CT molecular complexity index is 192. The van der Waals surface area contributed by atoms with Crippen molar-refractivity contribution in [1.82, 2.24) is 5.32 Å². The lowest BCUT2D eigenvalue weighted by molar-refractivity contribution is 0.785. The summed E-state index contributed by atoms with van der Waals surface area (Å²) in [4.78, 5) is 0. The third-order valence-electron chi connectivity index (χ3n) is 2.38. The van der Waals surface area contributed by atoms with E-state index in [-0.39, 0.29) is 0 Å². The van der Waals surface area contributed by atoms with Gasteiger partial charge < -0.3 is 11.1 Å². The third kappa shape index (κ3) is 5.95. The third-order valence-corrected chi connectivity index (χ3v) is 2.38. The molecule has 3 N–H and O–H groups in total. The Morgan fingerprint density at radius 3 is 2.64 bits per heavy atom. The van der Waals surface area contributed by atoms with Gasteiger partial charge in [-0.05, 0) is 51.9 Å². The number of nitrogens with two attached hydrogens (primary N) is 1. The molecule has 0 heterocycles. The summed E-state index contributed by atoms with van der Waals surface area (Å²) in [7, 11) is 1.99. The van der Waals surface area contributed by atoms with Crippen LogP contribution in [0.4, 0.5) is 0 Å². The first-order valence-corrected chi connectivity index (χ1v) is 5.46. The summed E-state index contributed by atoms with van der Waals surface area (Å²) in [6.07, 6.45) is 7.61. The minimum atomic E-state index is 0.737. The number of rotatable bonds is 7. The van der Waals surface area contributed by atoms with E-state index in [1.807, 2.05) is 7.05 Å². The zero-order valence-electron chi connectivity index (χ0n) is 9.77. The summed E-state index contributed by atoms with van der Waals surface area (Å²) in [5, 5.41) is 3.17. The van der Waals surface area contributed by atoms with Crippen LogP contribution in [-0.4, -0.2) is 20.1 Å². The van der Waals surface area contributed by atoms with Gasteiger partial charge in [0.1, 0.15) is 0 Å². The van der Waals surface area contributed by atoms with Crippen LogP contribution in [0, 0.1) is 0 Å². The Balaban J connectivity index is 4.25. The highest BCUT2D eigenvalue weighted by Gasteiger charge is 1.96. The molecule has 0 radical (unpaired) electrons. The van der Waals surface area contributed by atoms with Crippen molar-refractivity contribution in [3.8, 4) is 0 Å². The van der Waals surface area contributed by atoms with E-state index in [2.05, 4.69) is 31.3 Å². The quantitative estimate of drug-likeness (QED) is 0.613. The molecule has 0 atom stereocenters. The molecule has 0 saturated carbocycles. The molecular formula is C12H24N2. The van der Waals surface area contributed by atoms with Gasteiger partial charge in [0.15, 0.2) is 0 Å². The minimum absolute atomic E-state index is 0.737. The van der Waals surface area contributed by atoms with Crippen molar-refractivity contribution >= 4 is 0 Å². The lowest BCUT2D eigenvalue weighted by atomic mass is 10.0. The van der Waals surface area contributed by atoms with Crippen molar-refractivity contribution in [2.24, 2.45) is 5.73 Å². The summed E-state index contributed by atoms with van der Waals surface area (Å²) in [6.45, 7) is 6.18. The second-order valence-corrected chi connectivity index (χ2v) is 3.49. The van der Waals surface area contributed by atoms with E-state index in [0.717, 1.165) is 32.4 Å². The molecule has 2 heteroatoms. The molecule has 0 fully saturated rings. The SMILES string of the molecule is CC/C(C)=C(\C=C/CCN)CCNC. The van der Waals surface area contributed by atoms with Crippen molar-refractivity contribution in [3.63, 3.8) is 0 Å². The maximum Gasteiger partial charge on any atom is -0.00114 e. The van der Waals surface area contributed by atoms with Crippen LogP contribution in [0.15, 0.2) is 23.3 Å². The highest BCUT2D eigenvalue weighted by molar-refractivity contribution is 5.24. The van der Waals surface area contributed by atoms with E-state index in [1.165, 1.54) is 11.1 Å². The molecule has 0 saturated heterocycles. The Morgan fingerprint density at radius 2 is 2.14 bits per heavy atom. The van der Waals surface area contributed by atoms with E-state index in [9.17, 15) is 0 Å². The standard InChI is InChI=1S/C12H24N2/c1-4-11(2)12(8-10-14-3)7-5-6-9-13/h5,7,14H,4,6,8-10,13H2,1-3H3/b7-5-,12-11+. The van der Waals surface area contributed by atoms with Gasteiger partial charge in [-0.2, -0.15) is 0 Å². The van der Waals surface area contributed by atoms with Crippen LogP contribution in [0.2, 0.25) is 0 Å². The van der Waals surface area contributed by atoms with Crippen molar-refractivity contribution in [3.05, 3.63) is 23.3 Å². The lowest BCUT2D eigenvalue weighted by Gasteiger charge is -2.06. The predicted molar refractivity (Wildman–Crippen MR) is 64.3 cm³/mol. The fourth-order valence-electron chi connectivity index (χ4n) is 1.25. The Kier molecular flexibility index (Phi) is 8.59. The largest absolute Gasteiger partial charge is 0.330 e. The van der Waals surface area contributed by atoms with E-state index < -0.39 is 0 Å². The van der Waals surface area contributed by atoms with Gasteiger partial charge in [-0.15, -0.1) is 0 Å². The van der Waals surface area contributed by atoms with Crippen molar-refractivity contribution < 1.29 is 0 Å². The van der Waals surface area contributed by atoms with Crippen LogP contribution in [0.3, 0.4) is 0 Å². The minimum Gasteiger partial charge on any atom is -0.330 e. The maximum atomic E-state index is 5.44. The van der Waals surface area contributed by atoms with Gasteiger partial charge in [0.05, 0.1) is 0 Å². The summed E-state index contributed by atoms with van der Waals surface area (Å²) in [6, 6.07) is 0. The molecule has 0 aliphatic heterocycles. The van der Waals surface area contributed by atoms with Gasteiger partial charge in [-0.1, -0.05) is 24.6 Å². The van der Waals surface area contributed by atoms with Gasteiger partial charge in [-0.25, -0.2) is 0 Å². The van der Waals surface area contributed by atoms with Gasteiger partial charge in [0.25, 0.3) is 0 Å². The van der Waals surface area contributed by atoms with Crippen LogP contribution < -0.4 is 11.1 Å². The average Bonchev–Trinajstić information content (AvgIpc) is 2.22. The van der Waals surface area contributed by atoms with Crippen LogP contribution in [0.5, 0.6) is 0 Å². The molecule has 0 unspecified atom stereocenters. The summed E-state index contributed by atoms with van der Waals surface area (Å²) in [5.74, 6) is 0. The monoisotopic (exact) mass is 196 g/mol. The summed E-state index contributed by atoms with van der Waals surface area (Å²) in [5.41, 5.74) is 8.38. The van der Waals surface area contributed by atoms with Gasteiger partial charge in [0.2, 0.25) is 0 Å². The Labute approximate surface area is 88.3 Å². The van der Waals surface area contributed by atoms with Gasteiger partial charge in [0, 0.05) is 0 Å². The molecular weight excluding hydrogens is 172 g/mol. The zero-order valence-corrected chi connectivity index (χ0v) is 9.77. The average molecular weight is 196 g/mol. The van der Waals surface area contributed by atoms with Crippen LogP contribution in [0.25, 0.3) is 0 Å². The fraction of sp³-hybridized carbons (Fsp3) is 0.667. The molecule has 0 amide bonds. The van der Waals surface area contributed by atoms with Crippen molar-refractivity contribution in [2.75, 3.05) is 20.1 Å². The van der Waals surface area contributed by atoms with Crippen LogP contribution in [-0.2, 0) is 0 Å². The first-order chi connectivity index (χ1) is 6.76. The summed E-state index contributed by atoms with van der Waals surface area (Å²) < 4.78 is 0. The molecule has 0 spiro atoms. The number of allylic oxidation sites excluding steroid dienone is 2. The van der Waals surface area contributed by atoms with E-state index >= 15 is 0 Å². The smallest absolute Gasteiger partial charge is 0.00114 e. The molecule has 0 aromatic carbocycles. The van der Waals surface area contributed by atoms with E-state index in [1.54, 1.807) is 0 Å². The van der Waals surface area contributed by atoms with Gasteiger partial charge in [-0.3, -0.25) is 0 Å². The number of nitrogens with one attached hydrogen (secondary N) is 1. The second-order valence-electron chi connectivity index (χ2n) is 3.49. The molecule has 0 aromatic rings. The normalized spacial score (nSPS) is 13.4. The number of hydrogen-bond donors (Lipinski definition) is 2. The predicted octanol–water partition coefficient (Wildman–Crippen LogP) is 2.23. The molecule has 0 aliphatic carbocycles. The molecule has 82 valence electrons. The van der Waals surface area contributed by atoms with Crippen LogP contribution >= 0.6 is 0 Å². The zero-order chi connectivity index (χ0) is 10.8. The van der Waals surface area contributed by atoms with Gasteiger partial charge >= 0.3 is 0 Å². The van der Waals surface area contributed by atoms with Crippen LogP contribution in [0.1, 0.15) is 33.1 Å². The molecule has 0 aromatic heterocycles. The Morgan fingerprint density at radius 1 is 1.43 bits per heavy atom. The van der Waals surface area contributed by atoms with E-state index in [4.69, 9.17) is 5.73 Å². The first kappa shape index (κ1) is 13.4. The molecule has 0 bridgehead atoms. The molecule has 0 rings (SSSR count). The topological polar surface area (TPSA) is 38.0 Å². The Hall–Kier alpha value is -0.600. The first-order valence-electron chi connectivity index (χ1n) is 5.46. The number of hydrogen-bond acceptors (Lipinski definition) is 2. The molecule has 2 nitrogen and oxygen atoms in total. The lowest BCUT2D eigenvalue weighted by Crippen LogP contribution is -2.08.